The number of ether oxygens (including phenoxy) is 1. The monoisotopic (exact) mass is 580 g/mol. The van der Waals surface area contributed by atoms with Gasteiger partial charge >= 0.3 is 12.1 Å². The van der Waals surface area contributed by atoms with E-state index in [0.29, 0.717) is 12.8 Å². The maximum Gasteiger partial charge on any atom is 0.408 e. The highest BCUT2D eigenvalue weighted by molar-refractivity contribution is 8.00. The van der Waals surface area contributed by atoms with Gasteiger partial charge in [-0.1, -0.05) is 93.1 Å². The highest BCUT2D eigenvalue weighted by atomic mass is 32.2. The molecule has 2 aliphatic rings. The van der Waals surface area contributed by atoms with Gasteiger partial charge in [0.15, 0.2) is 0 Å². The molecule has 0 aromatic heterocycles. The first-order valence-electron chi connectivity index (χ1n) is 14.9. The predicted molar refractivity (Wildman–Crippen MR) is 164 cm³/mol. The predicted octanol–water partition coefficient (Wildman–Crippen LogP) is 7.00. The standard InChI is InChI=1S/C33H44N2O5S/c1-32(2,3)40-31(39)34-27-16-12-7-5-4-6-8-13-21-41-33(22-28(30(37)38)35(23-33)29(27)36)26-19-17-25(18-20-26)24-14-10-9-11-15-24/h9-11,14-15,17-20,27-28H,4-8,12-13,16,21-23H2,1-3H3,(H,34,39)(H,37,38)/t27-,28-,33-/m0/s1. The highest BCUT2D eigenvalue weighted by Crippen LogP contribution is 2.48. The third kappa shape index (κ3) is 8.28. The molecule has 2 N–H and O–H groups in total. The SMILES string of the molecule is CC(C)(C)OC(=O)N[C@H]1CCCCCCCCCS[C@@]2(c3ccc(-c4ccccc4)cc3)C[C@@H](C(=O)O)N(C2)C1=O. The highest BCUT2D eigenvalue weighted by Gasteiger charge is 2.51. The number of fused-ring (bicyclic) bond motifs is 2. The molecule has 0 unspecified atom stereocenters. The third-order valence-corrected chi connectivity index (χ3v) is 9.49. The molecule has 2 bridgehead atoms. The van der Waals surface area contributed by atoms with Crippen molar-refractivity contribution in [3.8, 4) is 11.1 Å². The van der Waals surface area contributed by atoms with Crippen LogP contribution in [0.15, 0.2) is 54.6 Å². The molecule has 2 heterocycles. The number of aliphatic carboxylic acids is 1. The summed E-state index contributed by atoms with van der Waals surface area (Å²) in [6, 6.07) is 16.7. The molecule has 0 aliphatic carbocycles. The Bertz CT molecular complexity index is 1180. The third-order valence-electron chi connectivity index (χ3n) is 7.92. The lowest BCUT2D eigenvalue weighted by molar-refractivity contribution is -0.149. The topological polar surface area (TPSA) is 95.9 Å². The number of carbonyl (C=O) groups excluding carboxylic acids is 2. The molecule has 3 atom stereocenters. The van der Waals surface area contributed by atoms with E-state index in [1.807, 2.05) is 18.2 Å². The average Bonchev–Trinajstić information content (AvgIpc) is 3.33. The van der Waals surface area contributed by atoms with Crippen molar-refractivity contribution in [2.24, 2.45) is 0 Å². The molecule has 222 valence electrons. The summed E-state index contributed by atoms with van der Waals surface area (Å²) < 4.78 is 4.91. The van der Waals surface area contributed by atoms with Crippen LogP contribution in [0.2, 0.25) is 0 Å². The lowest BCUT2D eigenvalue weighted by Gasteiger charge is -2.31. The van der Waals surface area contributed by atoms with Crippen LogP contribution in [-0.4, -0.2) is 58.0 Å². The molecule has 0 radical (unpaired) electrons. The molecule has 41 heavy (non-hydrogen) atoms. The van der Waals surface area contributed by atoms with Gasteiger partial charge in [0.05, 0.1) is 4.75 Å². The maximum atomic E-state index is 14.1. The Morgan fingerprint density at radius 3 is 2.17 bits per heavy atom. The Morgan fingerprint density at radius 2 is 1.54 bits per heavy atom. The van der Waals surface area contributed by atoms with Gasteiger partial charge in [-0.05, 0) is 62.5 Å². The van der Waals surface area contributed by atoms with Crippen molar-refractivity contribution >= 4 is 29.7 Å². The van der Waals surface area contributed by atoms with Crippen LogP contribution in [0, 0.1) is 0 Å². The largest absolute Gasteiger partial charge is 0.480 e. The Balaban J connectivity index is 1.66. The van der Waals surface area contributed by atoms with Crippen molar-refractivity contribution in [1.82, 2.24) is 10.2 Å². The smallest absolute Gasteiger partial charge is 0.408 e. The number of nitrogens with one attached hydrogen (secondary N) is 1. The van der Waals surface area contributed by atoms with Gasteiger partial charge in [0, 0.05) is 6.54 Å². The summed E-state index contributed by atoms with van der Waals surface area (Å²) in [5.74, 6) is -0.464. The summed E-state index contributed by atoms with van der Waals surface area (Å²) in [5, 5.41) is 13.1. The molecule has 4 rings (SSSR count). The molecular formula is C33H44N2O5S. The van der Waals surface area contributed by atoms with Crippen LogP contribution in [0.25, 0.3) is 11.1 Å². The van der Waals surface area contributed by atoms with Gasteiger partial charge in [-0.15, -0.1) is 11.8 Å². The van der Waals surface area contributed by atoms with Crippen molar-refractivity contribution < 1.29 is 24.2 Å². The van der Waals surface area contributed by atoms with Gasteiger partial charge in [0.25, 0.3) is 0 Å². The zero-order chi connectivity index (χ0) is 29.5. The van der Waals surface area contributed by atoms with Crippen molar-refractivity contribution in [2.45, 2.75) is 101 Å². The van der Waals surface area contributed by atoms with Crippen LogP contribution >= 0.6 is 11.8 Å². The summed E-state index contributed by atoms with van der Waals surface area (Å²) >= 11 is 1.77. The first-order valence-corrected chi connectivity index (χ1v) is 15.9. The Labute approximate surface area is 248 Å². The minimum atomic E-state index is -1.01. The van der Waals surface area contributed by atoms with Gasteiger partial charge in [-0.3, -0.25) is 4.79 Å². The van der Waals surface area contributed by atoms with Crippen LogP contribution in [0.1, 0.15) is 84.1 Å². The summed E-state index contributed by atoms with van der Waals surface area (Å²) in [6.07, 6.45) is 7.47. The van der Waals surface area contributed by atoms with Crippen LogP contribution in [0.5, 0.6) is 0 Å². The fourth-order valence-corrected chi connectivity index (χ4v) is 7.38. The minimum Gasteiger partial charge on any atom is -0.480 e. The van der Waals surface area contributed by atoms with Gasteiger partial charge < -0.3 is 20.1 Å². The van der Waals surface area contributed by atoms with Crippen LogP contribution in [0.3, 0.4) is 0 Å². The number of alkyl carbamates (subject to hydrolysis) is 1. The van der Waals surface area contributed by atoms with E-state index in [9.17, 15) is 19.5 Å². The zero-order valence-corrected chi connectivity index (χ0v) is 25.4. The second-order valence-electron chi connectivity index (χ2n) is 12.3. The lowest BCUT2D eigenvalue weighted by atomic mass is 9.93. The van der Waals surface area contributed by atoms with Gasteiger partial charge in [0.1, 0.15) is 17.7 Å². The number of carboxylic acids is 1. The first kappa shape index (κ1) is 30.9. The van der Waals surface area contributed by atoms with E-state index in [0.717, 1.165) is 61.0 Å². The van der Waals surface area contributed by atoms with Crippen molar-refractivity contribution in [2.75, 3.05) is 12.3 Å². The fraction of sp³-hybridized carbons (Fsp3) is 0.545. The fourth-order valence-electron chi connectivity index (χ4n) is 5.83. The minimum absolute atomic E-state index is 0.282. The van der Waals surface area contributed by atoms with Crippen molar-refractivity contribution in [3.63, 3.8) is 0 Å². The second kappa shape index (κ2) is 13.8. The second-order valence-corrected chi connectivity index (χ2v) is 13.8. The van der Waals surface area contributed by atoms with Gasteiger partial charge in [-0.25, -0.2) is 9.59 Å². The molecule has 2 aliphatic heterocycles. The number of benzene rings is 2. The molecule has 2 amide bonds. The molecule has 8 heteroatoms. The molecule has 2 aromatic carbocycles. The van der Waals surface area contributed by atoms with Crippen LogP contribution in [0.4, 0.5) is 4.79 Å². The van der Waals surface area contributed by atoms with Crippen molar-refractivity contribution in [1.29, 1.82) is 0 Å². The zero-order valence-electron chi connectivity index (χ0n) is 24.6. The molecule has 2 fully saturated rings. The molecule has 0 spiro atoms. The van der Waals surface area contributed by atoms with E-state index in [1.165, 1.54) is 11.3 Å². The lowest BCUT2D eigenvalue weighted by Crippen LogP contribution is -2.52. The Hall–Kier alpha value is -3.00. The summed E-state index contributed by atoms with van der Waals surface area (Å²) in [5.41, 5.74) is 2.54. The molecule has 2 aromatic rings. The summed E-state index contributed by atoms with van der Waals surface area (Å²) in [6.45, 7) is 5.62. The van der Waals surface area contributed by atoms with E-state index in [-0.39, 0.29) is 12.5 Å². The average molecular weight is 581 g/mol. The molecule has 2 saturated heterocycles. The Kier molecular flexibility index (Phi) is 10.4. The number of carbonyl (C=O) groups is 3. The van der Waals surface area contributed by atoms with Gasteiger partial charge in [-0.2, -0.15) is 0 Å². The van der Waals surface area contributed by atoms with E-state index in [4.69, 9.17) is 4.74 Å². The maximum absolute atomic E-state index is 14.1. The number of nitrogens with zero attached hydrogens (tertiary/aromatic N) is 1. The van der Waals surface area contributed by atoms with Crippen LogP contribution in [-0.2, 0) is 19.1 Å². The van der Waals surface area contributed by atoms with Gasteiger partial charge in [0.2, 0.25) is 5.91 Å². The summed E-state index contributed by atoms with van der Waals surface area (Å²) in [7, 11) is 0. The molecule has 7 nitrogen and oxygen atoms in total. The first-order chi connectivity index (χ1) is 19.6. The summed E-state index contributed by atoms with van der Waals surface area (Å²) in [4.78, 5) is 40.9. The molecular weight excluding hydrogens is 536 g/mol. The number of amides is 2. The van der Waals surface area contributed by atoms with E-state index < -0.39 is 34.5 Å². The Morgan fingerprint density at radius 1 is 0.927 bits per heavy atom. The van der Waals surface area contributed by atoms with Crippen molar-refractivity contribution in [3.05, 3.63) is 60.2 Å². The quantitative estimate of drug-likeness (QED) is 0.405. The number of hydrogen-bond donors (Lipinski definition) is 2. The number of rotatable bonds is 4. The van der Waals surface area contributed by atoms with E-state index in [2.05, 4.69) is 41.7 Å². The number of thioether (sulfide) groups is 1. The van der Waals surface area contributed by atoms with E-state index >= 15 is 0 Å². The van der Waals surface area contributed by atoms with Crippen LogP contribution < -0.4 is 5.32 Å². The number of hydrogen-bond acceptors (Lipinski definition) is 5. The van der Waals surface area contributed by atoms with E-state index in [1.54, 1.807) is 32.5 Å². The number of carboxylic acid groups (broad SMARTS) is 1. The molecule has 0 saturated carbocycles. The normalized spacial score (nSPS) is 24.7.